The van der Waals surface area contributed by atoms with Crippen molar-refractivity contribution in [3.8, 4) is 5.75 Å². The number of hydrogen-bond acceptors (Lipinski definition) is 3. The zero-order valence-electron chi connectivity index (χ0n) is 18.0. The van der Waals surface area contributed by atoms with E-state index in [-0.39, 0.29) is 28.6 Å². The maximum Gasteiger partial charge on any atom is 0.263 e. The molecule has 0 heterocycles. The van der Waals surface area contributed by atoms with Gasteiger partial charge in [-0.3, -0.25) is 9.59 Å². The maximum absolute atomic E-state index is 13.3. The molecule has 4 aliphatic carbocycles. The molecule has 4 saturated carbocycles. The third-order valence-corrected chi connectivity index (χ3v) is 7.53. The number of ether oxygens (including phenoxy) is 1. The van der Waals surface area contributed by atoms with Gasteiger partial charge in [0.05, 0.1) is 10.4 Å². The molecule has 3 unspecified atom stereocenters. The lowest BCUT2D eigenvalue weighted by Gasteiger charge is -2.60. The molecule has 1 N–H and O–H groups in total. The Balaban J connectivity index is 1.57. The molecule has 4 fully saturated rings. The Labute approximate surface area is 182 Å². The minimum Gasteiger partial charge on any atom is -0.476 e. The predicted molar refractivity (Wildman–Crippen MR) is 113 cm³/mol. The van der Waals surface area contributed by atoms with E-state index < -0.39 is 16.8 Å². The first-order valence-electron chi connectivity index (χ1n) is 10.7. The molecule has 0 aliphatic heterocycles. The van der Waals surface area contributed by atoms with E-state index in [1.807, 2.05) is 0 Å². The summed E-state index contributed by atoms with van der Waals surface area (Å²) in [4.78, 5) is 28.3. The van der Waals surface area contributed by atoms with Crippen molar-refractivity contribution < 1.29 is 18.7 Å². The molecular formula is C23H30ClFN2O3. The maximum atomic E-state index is 13.3. The van der Waals surface area contributed by atoms with Gasteiger partial charge in [-0.05, 0) is 81.9 Å². The first-order chi connectivity index (χ1) is 14.0. The molecule has 30 heavy (non-hydrogen) atoms. The van der Waals surface area contributed by atoms with E-state index in [1.165, 1.54) is 18.6 Å². The SMILES string of the molecule is CN(C)C(=O)C12CC3CC(CC(C3)C1NC(=O)C(C)(C)Oc1ccc(F)cc1Cl)C2. The lowest BCUT2D eigenvalue weighted by molar-refractivity contribution is -0.164. The second-order valence-corrected chi connectivity index (χ2v) is 10.5. The number of amides is 2. The van der Waals surface area contributed by atoms with Gasteiger partial charge in [0.15, 0.2) is 5.60 Å². The van der Waals surface area contributed by atoms with Crippen LogP contribution in [0.15, 0.2) is 18.2 Å². The molecule has 0 spiro atoms. The average molecular weight is 437 g/mol. The molecule has 3 atom stereocenters. The Hall–Kier alpha value is -1.82. The summed E-state index contributed by atoms with van der Waals surface area (Å²) in [6.45, 7) is 3.33. The van der Waals surface area contributed by atoms with Crippen molar-refractivity contribution in [1.82, 2.24) is 10.2 Å². The van der Waals surface area contributed by atoms with Gasteiger partial charge >= 0.3 is 0 Å². The number of nitrogens with zero attached hydrogens (tertiary/aromatic N) is 1. The number of hydrogen-bond donors (Lipinski definition) is 1. The number of rotatable bonds is 5. The summed E-state index contributed by atoms with van der Waals surface area (Å²) in [5, 5.41) is 3.32. The minimum atomic E-state index is -1.22. The summed E-state index contributed by atoms with van der Waals surface area (Å²) < 4.78 is 19.2. The summed E-state index contributed by atoms with van der Waals surface area (Å²) in [5.41, 5.74) is -1.75. The van der Waals surface area contributed by atoms with Gasteiger partial charge in [-0.15, -0.1) is 0 Å². The van der Waals surface area contributed by atoms with Crippen LogP contribution in [-0.4, -0.2) is 42.5 Å². The second kappa shape index (κ2) is 7.40. The number of halogens is 2. The highest BCUT2D eigenvalue weighted by Crippen LogP contribution is 2.60. The summed E-state index contributed by atoms with van der Waals surface area (Å²) >= 11 is 6.08. The standard InChI is InChI=1S/C23H30ClFN2O3/c1-22(2,30-18-6-5-16(25)10-17(18)24)20(28)26-19-15-8-13-7-14(9-15)12-23(19,11-13)21(29)27(3)4/h5-6,10,13-15,19H,7-9,11-12H2,1-4H3,(H,26,28). The molecule has 2 amide bonds. The fourth-order valence-corrected chi connectivity index (χ4v) is 6.45. The van der Waals surface area contributed by atoms with Crippen molar-refractivity contribution in [1.29, 1.82) is 0 Å². The van der Waals surface area contributed by atoms with Crippen molar-refractivity contribution >= 4 is 23.4 Å². The summed E-state index contributed by atoms with van der Waals surface area (Å²) in [6, 6.07) is 3.64. The fraction of sp³-hybridized carbons (Fsp3) is 0.652. The van der Waals surface area contributed by atoms with Crippen LogP contribution in [0, 0.1) is 29.0 Å². The van der Waals surface area contributed by atoms with Crippen LogP contribution in [0.1, 0.15) is 46.0 Å². The predicted octanol–water partition coefficient (Wildman–Crippen LogP) is 4.04. The molecule has 7 heteroatoms. The molecule has 164 valence electrons. The van der Waals surface area contributed by atoms with Gasteiger partial charge in [-0.25, -0.2) is 4.39 Å². The molecule has 1 aromatic carbocycles. The Morgan fingerprint density at radius 1 is 1.20 bits per heavy atom. The largest absolute Gasteiger partial charge is 0.476 e. The highest BCUT2D eigenvalue weighted by molar-refractivity contribution is 6.32. The van der Waals surface area contributed by atoms with Gasteiger partial charge in [0.25, 0.3) is 5.91 Å². The Kier molecular flexibility index (Phi) is 5.28. The minimum absolute atomic E-state index is 0.116. The van der Waals surface area contributed by atoms with Crippen LogP contribution in [-0.2, 0) is 9.59 Å². The van der Waals surface area contributed by atoms with Crippen molar-refractivity contribution in [2.45, 2.75) is 57.6 Å². The van der Waals surface area contributed by atoms with Gasteiger partial charge in [-0.1, -0.05) is 11.6 Å². The van der Waals surface area contributed by atoms with Crippen LogP contribution in [0.2, 0.25) is 5.02 Å². The first-order valence-corrected chi connectivity index (χ1v) is 11.1. The number of benzene rings is 1. The summed E-state index contributed by atoms with van der Waals surface area (Å²) in [7, 11) is 3.59. The third kappa shape index (κ3) is 3.57. The highest BCUT2D eigenvalue weighted by Gasteiger charge is 2.61. The topological polar surface area (TPSA) is 58.6 Å². The second-order valence-electron chi connectivity index (χ2n) is 10.1. The molecule has 4 aliphatic rings. The van der Waals surface area contributed by atoms with Crippen LogP contribution in [0.5, 0.6) is 5.75 Å². The van der Waals surface area contributed by atoms with Gasteiger partial charge in [0.1, 0.15) is 11.6 Å². The van der Waals surface area contributed by atoms with Gasteiger partial charge in [0.2, 0.25) is 5.91 Å². The molecule has 0 radical (unpaired) electrons. The van der Waals surface area contributed by atoms with E-state index in [0.29, 0.717) is 17.8 Å². The quantitative estimate of drug-likeness (QED) is 0.757. The first kappa shape index (κ1) is 21.4. The molecule has 1 aromatic rings. The fourth-order valence-electron chi connectivity index (χ4n) is 6.24. The van der Waals surface area contributed by atoms with Gasteiger partial charge in [-0.2, -0.15) is 0 Å². The number of nitrogens with one attached hydrogen (secondary N) is 1. The molecule has 5 nitrogen and oxygen atoms in total. The van der Waals surface area contributed by atoms with Crippen molar-refractivity contribution in [2.75, 3.05) is 14.1 Å². The van der Waals surface area contributed by atoms with Crippen LogP contribution in [0.25, 0.3) is 0 Å². The van der Waals surface area contributed by atoms with Crippen LogP contribution < -0.4 is 10.1 Å². The van der Waals surface area contributed by atoms with E-state index in [1.54, 1.807) is 32.8 Å². The number of carbonyl (C=O) groups excluding carboxylic acids is 2. The third-order valence-electron chi connectivity index (χ3n) is 7.24. The molecular weight excluding hydrogens is 407 g/mol. The monoisotopic (exact) mass is 436 g/mol. The molecule has 0 saturated heterocycles. The van der Waals surface area contributed by atoms with E-state index in [0.717, 1.165) is 31.7 Å². The Morgan fingerprint density at radius 2 is 1.83 bits per heavy atom. The van der Waals surface area contributed by atoms with Crippen molar-refractivity contribution in [3.63, 3.8) is 0 Å². The van der Waals surface area contributed by atoms with Gasteiger partial charge in [0, 0.05) is 20.1 Å². The van der Waals surface area contributed by atoms with E-state index in [2.05, 4.69) is 5.32 Å². The van der Waals surface area contributed by atoms with Crippen LogP contribution >= 0.6 is 11.6 Å². The highest BCUT2D eigenvalue weighted by atomic mass is 35.5. The molecule has 0 aromatic heterocycles. The van der Waals surface area contributed by atoms with Crippen molar-refractivity contribution in [3.05, 3.63) is 29.0 Å². The van der Waals surface area contributed by atoms with E-state index in [4.69, 9.17) is 16.3 Å². The lowest BCUT2D eigenvalue weighted by atomic mass is 9.47. The van der Waals surface area contributed by atoms with Crippen molar-refractivity contribution in [2.24, 2.45) is 23.2 Å². The normalized spacial score (nSPS) is 32.1. The van der Waals surface area contributed by atoms with E-state index in [9.17, 15) is 14.0 Å². The Bertz CT molecular complexity index is 858. The van der Waals surface area contributed by atoms with Gasteiger partial charge < -0.3 is 15.0 Å². The van der Waals surface area contributed by atoms with E-state index >= 15 is 0 Å². The summed E-state index contributed by atoms with van der Waals surface area (Å²) in [6.07, 6.45) is 5.02. The Morgan fingerprint density at radius 3 is 2.40 bits per heavy atom. The average Bonchev–Trinajstić information content (AvgIpc) is 2.65. The summed E-state index contributed by atoms with van der Waals surface area (Å²) in [5.74, 6) is 1.08. The zero-order chi connectivity index (χ0) is 21.8. The molecule has 4 bridgehead atoms. The smallest absolute Gasteiger partial charge is 0.263 e. The zero-order valence-corrected chi connectivity index (χ0v) is 18.8. The van der Waals surface area contributed by atoms with Crippen LogP contribution in [0.4, 0.5) is 4.39 Å². The lowest BCUT2D eigenvalue weighted by Crippen LogP contribution is -2.68. The van der Waals surface area contributed by atoms with Crippen LogP contribution in [0.3, 0.4) is 0 Å². The number of carbonyl (C=O) groups is 2. The molecule has 5 rings (SSSR count).